The second-order valence-corrected chi connectivity index (χ2v) is 7.91. The van der Waals surface area contributed by atoms with Gasteiger partial charge in [-0.25, -0.2) is 23.1 Å². The molecule has 0 spiro atoms. The van der Waals surface area contributed by atoms with E-state index in [1.807, 2.05) is 0 Å². The van der Waals surface area contributed by atoms with Crippen molar-refractivity contribution in [1.82, 2.24) is 14.9 Å². The van der Waals surface area contributed by atoms with Gasteiger partial charge in [0, 0.05) is 42.9 Å². The van der Waals surface area contributed by atoms with Crippen molar-refractivity contribution in [2.75, 3.05) is 6.54 Å². The summed E-state index contributed by atoms with van der Waals surface area (Å²) in [5.41, 5.74) is 8.56. The Balaban J connectivity index is 0.000000224. The van der Waals surface area contributed by atoms with Crippen LogP contribution in [0.2, 0.25) is 0 Å². The summed E-state index contributed by atoms with van der Waals surface area (Å²) in [6.45, 7) is 5.36. The molecule has 0 amide bonds. The van der Waals surface area contributed by atoms with Crippen LogP contribution in [0.25, 0.3) is 0 Å². The second kappa shape index (κ2) is 10.2. The predicted molar refractivity (Wildman–Crippen MR) is 107 cm³/mol. The standard InChI is InChI=1S/C16H26N4.C6H3F3/c1-2-14(17)5-3-4-8-20-10-13-9-18-16(12-6-7-12)19-15(13)11-20;7-4-1-2-5(8)6(9)3-4/h9,12,14H,2-8,10-11,17H2,1H3;1-3H/t14-;/m0./s1. The van der Waals surface area contributed by atoms with Crippen molar-refractivity contribution in [2.45, 2.75) is 70.5 Å². The highest BCUT2D eigenvalue weighted by atomic mass is 19.2. The van der Waals surface area contributed by atoms with Crippen LogP contribution >= 0.6 is 0 Å². The Morgan fingerprint density at radius 1 is 1.14 bits per heavy atom. The molecule has 0 radical (unpaired) electrons. The van der Waals surface area contributed by atoms with Gasteiger partial charge in [0.05, 0.1) is 5.69 Å². The van der Waals surface area contributed by atoms with Gasteiger partial charge in [-0.15, -0.1) is 0 Å². The van der Waals surface area contributed by atoms with Gasteiger partial charge in [-0.1, -0.05) is 13.3 Å². The van der Waals surface area contributed by atoms with Crippen LogP contribution in [-0.4, -0.2) is 27.5 Å². The zero-order valence-corrected chi connectivity index (χ0v) is 16.9. The third-order valence-corrected chi connectivity index (χ3v) is 5.39. The van der Waals surface area contributed by atoms with Crippen LogP contribution in [0, 0.1) is 17.5 Å². The van der Waals surface area contributed by atoms with Crippen LogP contribution in [0.15, 0.2) is 24.4 Å². The molecular formula is C22H29F3N4. The molecule has 0 bridgehead atoms. The third kappa shape index (κ3) is 6.51. The van der Waals surface area contributed by atoms with E-state index in [1.165, 1.54) is 36.9 Å². The molecule has 7 heteroatoms. The number of nitrogens with two attached hydrogens (primary N) is 1. The molecule has 0 unspecified atom stereocenters. The number of nitrogens with zero attached hydrogens (tertiary/aromatic N) is 3. The highest BCUT2D eigenvalue weighted by Crippen LogP contribution is 2.38. The zero-order chi connectivity index (χ0) is 20.8. The fourth-order valence-electron chi connectivity index (χ4n) is 3.35. The van der Waals surface area contributed by atoms with E-state index in [0.717, 1.165) is 50.4 Å². The molecule has 1 aromatic carbocycles. The largest absolute Gasteiger partial charge is 0.328 e. The molecule has 2 aliphatic rings. The second-order valence-electron chi connectivity index (χ2n) is 7.91. The van der Waals surface area contributed by atoms with E-state index in [9.17, 15) is 13.2 Å². The van der Waals surface area contributed by atoms with Crippen molar-refractivity contribution in [3.63, 3.8) is 0 Å². The van der Waals surface area contributed by atoms with E-state index in [2.05, 4.69) is 23.0 Å². The highest BCUT2D eigenvalue weighted by molar-refractivity contribution is 5.23. The number of fused-ring (bicyclic) bond motifs is 1. The fraction of sp³-hybridized carbons (Fsp3) is 0.545. The van der Waals surface area contributed by atoms with Gasteiger partial charge in [0.1, 0.15) is 11.6 Å². The van der Waals surface area contributed by atoms with Crippen LogP contribution in [-0.2, 0) is 13.1 Å². The maximum atomic E-state index is 12.0. The summed E-state index contributed by atoms with van der Waals surface area (Å²) in [4.78, 5) is 11.8. The first-order chi connectivity index (χ1) is 14.0. The summed E-state index contributed by atoms with van der Waals surface area (Å²) < 4.78 is 35.9. The number of benzene rings is 1. The quantitative estimate of drug-likeness (QED) is 0.536. The highest BCUT2D eigenvalue weighted by Gasteiger charge is 2.29. The third-order valence-electron chi connectivity index (χ3n) is 5.39. The Labute approximate surface area is 170 Å². The van der Waals surface area contributed by atoms with Crippen LogP contribution in [0.3, 0.4) is 0 Å². The van der Waals surface area contributed by atoms with Gasteiger partial charge in [0.15, 0.2) is 11.6 Å². The molecule has 4 rings (SSSR count). The van der Waals surface area contributed by atoms with Crippen LogP contribution in [0.1, 0.15) is 68.4 Å². The maximum absolute atomic E-state index is 12.0. The lowest BCUT2D eigenvalue weighted by Crippen LogP contribution is -2.20. The number of halogens is 3. The molecule has 1 atom stereocenters. The Morgan fingerprint density at radius 2 is 1.93 bits per heavy atom. The molecule has 1 saturated carbocycles. The Kier molecular flexibility index (Phi) is 7.61. The topological polar surface area (TPSA) is 55.0 Å². The van der Waals surface area contributed by atoms with Crippen LogP contribution in [0.4, 0.5) is 13.2 Å². The summed E-state index contributed by atoms with van der Waals surface area (Å²) >= 11 is 0. The minimum atomic E-state index is -1.16. The van der Waals surface area contributed by atoms with Gasteiger partial charge in [-0.3, -0.25) is 4.90 Å². The lowest BCUT2D eigenvalue weighted by molar-refractivity contribution is 0.274. The summed E-state index contributed by atoms with van der Waals surface area (Å²) in [5, 5.41) is 0. The first kappa shape index (κ1) is 21.7. The molecule has 4 nitrogen and oxygen atoms in total. The molecule has 29 heavy (non-hydrogen) atoms. The van der Waals surface area contributed by atoms with Gasteiger partial charge in [-0.05, 0) is 50.8 Å². The van der Waals surface area contributed by atoms with Crippen molar-refractivity contribution in [1.29, 1.82) is 0 Å². The molecule has 2 aromatic rings. The van der Waals surface area contributed by atoms with Gasteiger partial charge in [0.25, 0.3) is 0 Å². The molecule has 0 saturated heterocycles. The molecule has 158 valence electrons. The zero-order valence-electron chi connectivity index (χ0n) is 16.9. The smallest absolute Gasteiger partial charge is 0.161 e. The van der Waals surface area contributed by atoms with Gasteiger partial charge in [0.2, 0.25) is 0 Å². The molecule has 2 N–H and O–H groups in total. The number of hydrogen-bond acceptors (Lipinski definition) is 4. The summed E-state index contributed by atoms with van der Waals surface area (Å²) in [5.74, 6) is -1.22. The van der Waals surface area contributed by atoms with E-state index in [-0.39, 0.29) is 0 Å². The first-order valence-electron chi connectivity index (χ1n) is 10.4. The van der Waals surface area contributed by atoms with E-state index in [1.54, 1.807) is 0 Å². The van der Waals surface area contributed by atoms with E-state index >= 15 is 0 Å². The summed E-state index contributed by atoms with van der Waals surface area (Å²) in [6.07, 6.45) is 9.34. The van der Waals surface area contributed by atoms with Gasteiger partial charge >= 0.3 is 0 Å². The van der Waals surface area contributed by atoms with E-state index < -0.39 is 17.5 Å². The average molecular weight is 406 g/mol. The number of rotatable bonds is 7. The Morgan fingerprint density at radius 3 is 2.59 bits per heavy atom. The molecule has 1 aromatic heterocycles. The van der Waals surface area contributed by atoms with Gasteiger partial charge in [-0.2, -0.15) is 0 Å². The van der Waals surface area contributed by atoms with Crippen molar-refractivity contribution < 1.29 is 13.2 Å². The minimum Gasteiger partial charge on any atom is -0.328 e. The molecule has 1 aliphatic heterocycles. The molecule has 1 fully saturated rings. The Hall–Kier alpha value is -1.99. The van der Waals surface area contributed by atoms with Crippen LogP contribution in [0.5, 0.6) is 0 Å². The monoisotopic (exact) mass is 406 g/mol. The molecular weight excluding hydrogens is 377 g/mol. The minimum absolute atomic E-state index is 0.387. The van der Waals surface area contributed by atoms with Gasteiger partial charge < -0.3 is 5.73 Å². The lowest BCUT2D eigenvalue weighted by Gasteiger charge is -2.14. The van der Waals surface area contributed by atoms with Crippen molar-refractivity contribution in [3.8, 4) is 0 Å². The summed E-state index contributed by atoms with van der Waals surface area (Å²) in [6, 6.07) is 2.48. The summed E-state index contributed by atoms with van der Waals surface area (Å²) in [7, 11) is 0. The fourth-order valence-corrected chi connectivity index (χ4v) is 3.35. The molecule has 2 heterocycles. The maximum Gasteiger partial charge on any atom is 0.161 e. The van der Waals surface area contributed by atoms with Crippen LogP contribution < -0.4 is 5.73 Å². The number of unbranched alkanes of at least 4 members (excludes halogenated alkanes) is 1. The van der Waals surface area contributed by atoms with E-state index in [4.69, 9.17) is 10.7 Å². The average Bonchev–Trinajstić information content (AvgIpc) is 3.48. The van der Waals surface area contributed by atoms with Crippen molar-refractivity contribution >= 4 is 0 Å². The SMILES string of the molecule is CC[C@H](N)CCCCN1Cc2cnc(C3CC3)nc2C1.Fc1ccc(F)c(F)c1. The lowest BCUT2D eigenvalue weighted by atomic mass is 10.1. The first-order valence-corrected chi connectivity index (χ1v) is 10.4. The molecule has 1 aliphatic carbocycles. The predicted octanol–water partition coefficient (Wildman–Crippen LogP) is 4.68. The van der Waals surface area contributed by atoms with Crippen molar-refractivity contribution in [2.24, 2.45) is 5.73 Å². The van der Waals surface area contributed by atoms with Crippen molar-refractivity contribution in [3.05, 3.63) is 58.9 Å². The normalized spacial score (nSPS) is 16.9. The Bertz CT molecular complexity index is 811. The number of aromatic nitrogens is 2. The van der Waals surface area contributed by atoms with E-state index in [0.29, 0.717) is 18.0 Å². The number of hydrogen-bond donors (Lipinski definition) is 1.